The minimum absolute atomic E-state index is 0.217. The van der Waals surface area contributed by atoms with Crippen LogP contribution in [0.3, 0.4) is 0 Å². The van der Waals surface area contributed by atoms with Gasteiger partial charge in [0.05, 0.1) is 5.56 Å². The fraction of sp³-hybridized carbons (Fsp3) is 0.125. The number of carbonyl (C=O) groups excluding carboxylic acids is 2. The number of nitrogen functional groups attached to an aromatic ring is 1. The lowest BCUT2D eigenvalue weighted by Gasteiger charge is -2.09. The van der Waals surface area contributed by atoms with E-state index in [1.165, 1.54) is 30.3 Å². The van der Waals surface area contributed by atoms with Crippen molar-refractivity contribution in [2.75, 3.05) is 17.7 Å². The van der Waals surface area contributed by atoms with Crippen LogP contribution < -0.4 is 11.1 Å². The fourth-order valence-corrected chi connectivity index (χ4v) is 1.80. The Hall–Kier alpha value is -2.89. The molecule has 0 aliphatic heterocycles. The van der Waals surface area contributed by atoms with Crippen molar-refractivity contribution in [1.82, 2.24) is 0 Å². The predicted molar refractivity (Wildman–Crippen MR) is 80.9 cm³/mol. The van der Waals surface area contributed by atoms with Crippen LogP contribution in [0.4, 0.5) is 15.8 Å². The van der Waals surface area contributed by atoms with E-state index >= 15 is 0 Å². The van der Waals surface area contributed by atoms with Crippen LogP contribution in [0.1, 0.15) is 15.9 Å². The van der Waals surface area contributed by atoms with E-state index in [0.717, 1.165) is 5.56 Å². The molecule has 0 heterocycles. The molecule has 0 aliphatic rings. The molecular formula is C16H15FN2O3. The van der Waals surface area contributed by atoms with Crippen LogP contribution in [0.2, 0.25) is 0 Å². The molecule has 0 atom stereocenters. The SMILES string of the molecule is Cc1cccc(C(=O)OCC(=O)Nc2ccc(F)cc2)c1N. The summed E-state index contributed by atoms with van der Waals surface area (Å²) >= 11 is 0. The molecule has 2 aromatic rings. The molecule has 22 heavy (non-hydrogen) atoms. The molecule has 0 spiro atoms. The van der Waals surface area contributed by atoms with Crippen LogP contribution in [0.15, 0.2) is 42.5 Å². The monoisotopic (exact) mass is 302 g/mol. The molecular weight excluding hydrogens is 287 g/mol. The number of benzene rings is 2. The molecule has 0 saturated heterocycles. The Morgan fingerprint density at radius 1 is 1.18 bits per heavy atom. The van der Waals surface area contributed by atoms with Gasteiger partial charge in [0.1, 0.15) is 5.82 Å². The van der Waals surface area contributed by atoms with Gasteiger partial charge in [0, 0.05) is 11.4 Å². The molecule has 2 rings (SSSR count). The summed E-state index contributed by atoms with van der Waals surface area (Å²) in [6.45, 7) is 1.32. The third-order valence-corrected chi connectivity index (χ3v) is 3.01. The van der Waals surface area contributed by atoms with Gasteiger partial charge >= 0.3 is 5.97 Å². The Morgan fingerprint density at radius 2 is 1.86 bits per heavy atom. The lowest BCUT2D eigenvalue weighted by Crippen LogP contribution is -2.21. The third-order valence-electron chi connectivity index (χ3n) is 3.01. The molecule has 0 aliphatic carbocycles. The summed E-state index contributed by atoms with van der Waals surface area (Å²) in [5, 5.41) is 2.49. The summed E-state index contributed by atoms with van der Waals surface area (Å²) in [5.74, 6) is -1.60. The standard InChI is InChI=1S/C16H15FN2O3/c1-10-3-2-4-13(15(10)18)16(21)22-9-14(20)19-12-7-5-11(17)6-8-12/h2-8H,9,18H2,1H3,(H,19,20). The van der Waals surface area contributed by atoms with E-state index in [-0.39, 0.29) is 5.56 Å². The molecule has 6 heteroatoms. The average molecular weight is 302 g/mol. The first-order valence-corrected chi connectivity index (χ1v) is 6.55. The quantitative estimate of drug-likeness (QED) is 0.671. The maximum absolute atomic E-state index is 12.7. The van der Waals surface area contributed by atoms with Crippen LogP contribution in [0, 0.1) is 12.7 Å². The minimum atomic E-state index is -0.671. The van der Waals surface area contributed by atoms with E-state index < -0.39 is 24.3 Å². The summed E-state index contributed by atoms with van der Waals surface area (Å²) in [6, 6.07) is 10.2. The van der Waals surface area contributed by atoms with Gasteiger partial charge < -0.3 is 15.8 Å². The van der Waals surface area contributed by atoms with Crippen molar-refractivity contribution in [3.8, 4) is 0 Å². The van der Waals surface area contributed by atoms with Crippen LogP contribution in [-0.4, -0.2) is 18.5 Å². The maximum Gasteiger partial charge on any atom is 0.340 e. The van der Waals surface area contributed by atoms with Gasteiger partial charge in [-0.15, -0.1) is 0 Å². The van der Waals surface area contributed by atoms with Crippen LogP contribution in [0.5, 0.6) is 0 Å². The number of hydrogen-bond donors (Lipinski definition) is 2. The second-order valence-electron chi connectivity index (χ2n) is 4.67. The minimum Gasteiger partial charge on any atom is -0.452 e. The number of esters is 1. The van der Waals surface area contributed by atoms with E-state index in [9.17, 15) is 14.0 Å². The van der Waals surface area contributed by atoms with Crippen molar-refractivity contribution < 1.29 is 18.7 Å². The number of ether oxygens (including phenoxy) is 1. The second kappa shape index (κ2) is 6.71. The van der Waals surface area contributed by atoms with E-state index in [4.69, 9.17) is 10.5 Å². The number of hydrogen-bond acceptors (Lipinski definition) is 4. The molecule has 0 fully saturated rings. The Labute approximate surface area is 126 Å². The van der Waals surface area contributed by atoms with Crippen LogP contribution in [-0.2, 0) is 9.53 Å². The van der Waals surface area contributed by atoms with Gasteiger partial charge in [-0.25, -0.2) is 9.18 Å². The molecule has 114 valence electrons. The van der Waals surface area contributed by atoms with Crippen molar-refractivity contribution >= 4 is 23.3 Å². The number of nitrogens with one attached hydrogen (secondary N) is 1. The number of halogens is 1. The van der Waals surface area contributed by atoms with Gasteiger partial charge in [0.15, 0.2) is 6.61 Å². The zero-order chi connectivity index (χ0) is 16.1. The highest BCUT2D eigenvalue weighted by Gasteiger charge is 2.14. The summed E-state index contributed by atoms with van der Waals surface area (Å²) in [4.78, 5) is 23.6. The topological polar surface area (TPSA) is 81.4 Å². The number of nitrogens with two attached hydrogens (primary N) is 1. The normalized spacial score (nSPS) is 10.1. The van der Waals surface area contributed by atoms with Crippen molar-refractivity contribution in [2.24, 2.45) is 0 Å². The average Bonchev–Trinajstić information content (AvgIpc) is 2.50. The highest BCUT2D eigenvalue weighted by molar-refractivity contribution is 5.98. The van der Waals surface area contributed by atoms with Crippen molar-refractivity contribution in [3.05, 3.63) is 59.4 Å². The van der Waals surface area contributed by atoms with E-state index in [1.807, 2.05) is 0 Å². The highest BCUT2D eigenvalue weighted by Crippen LogP contribution is 2.17. The number of carbonyl (C=O) groups is 2. The number of amides is 1. The van der Waals surface area contributed by atoms with Gasteiger partial charge in [-0.1, -0.05) is 12.1 Å². The highest BCUT2D eigenvalue weighted by atomic mass is 19.1. The van der Waals surface area contributed by atoms with Gasteiger partial charge in [0.2, 0.25) is 0 Å². The van der Waals surface area contributed by atoms with E-state index in [0.29, 0.717) is 11.4 Å². The summed E-state index contributed by atoms with van der Waals surface area (Å²) in [5.41, 5.74) is 7.50. The van der Waals surface area contributed by atoms with Crippen molar-refractivity contribution in [2.45, 2.75) is 6.92 Å². The lowest BCUT2D eigenvalue weighted by atomic mass is 10.1. The largest absolute Gasteiger partial charge is 0.452 e. The van der Waals surface area contributed by atoms with Gasteiger partial charge in [-0.3, -0.25) is 4.79 Å². The molecule has 0 saturated carbocycles. The maximum atomic E-state index is 12.7. The number of anilines is 2. The first-order chi connectivity index (χ1) is 10.5. The molecule has 0 bridgehead atoms. The first kappa shape index (κ1) is 15.5. The molecule has 0 unspecified atom stereocenters. The number of rotatable bonds is 4. The van der Waals surface area contributed by atoms with Crippen molar-refractivity contribution in [3.63, 3.8) is 0 Å². The summed E-state index contributed by atoms with van der Waals surface area (Å²) in [7, 11) is 0. The summed E-state index contributed by atoms with van der Waals surface area (Å²) < 4.78 is 17.7. The Kier molecular flexibility index (Phi) is 4.73. The third kappa shape index (κ3) is 3.82. The zero-order valence-electron chi connectivity index (χ0n) is 11.9. The zero-order valence-corrected chi connectivity index (χ0v) is 11.9. The fourth-order valence-electron chi connectivity index (χ4n) is 1.80. The Balaban J connectivity index is 1.92. The first-order valence-electron chi connectivity index (χ1n) is 6.55. The van der Waals surface area contributed by atoms with Gasteiger partial charge in [-0.05, 0) is 42.8 Å². The molecule has 2 aromatic carbocycles. The lowest BCUT2D eigenvalue weighted by molar-refractivity contribution is -0.119. The Bertz CT molecular complexity index is 699. The van der Waals surface area contributed by atoms with E-state index in [2.05, 4.69) is 5.32 Å². The number of aryl methyl sites for hydroxylation is 1. The molecule has 0 radical (unpaired) electrons. The Morgan fingerprint density at radius 3 is 2.55 bits per heavy atom. The second-order valence-corrected chi connectivity index (χ2v) is 4.67. The number of para-hydroxylation sites is 1. The predicted octanol–water partition coefficient (Wildman–Crippen LogP) is 2.51. The van der Waals surface area contributed by atoms with Gasteiger partial charge in [0.25, 0.3) is 5.91 Å². The molecule has 0 aromatic heterocycles. The van der Waals surface area contributed by atoms with Gasteiger partial charge in [-0.2, -0.15) is 0 Å². The van der Waals surface area contributed by atoms with Crippen LogP contribution in [0.25, 0.3) is 0 Å². The van der Waals surface area contributed by atoms with Crippen LogP contribution >= 0.6 is 0 Å². The summed E-state index contributed by atoms with van der Waals surface area (Å²) in [6.07, 6.45) is 0. The smallest absolute Gasteiger partial charge is 0.340 e. The molecule has 3 N–H and O–H groups in total. The van der Waals surface area contributed by atoms with Crippen molar-refractivity contribution in [1.29, 1.82) is 0 Å². The molecule has 5 nitrogen and oxygen atoms in total. The van der Waals surface area contributed by atoms with E-state index in [1.54, 1.807) is 19.1 Å². The molecule has 1 amide bonds.